The highest BCUT2D eigenvalue weighted by Crippen LogP contribution is 2.30. The highest BCUT2D eigenvalue weighted by Gasteiger charge is 2.41. The van der Waals surface area contributed by atoms with Crippen LogP contribution in [-0.2, 0) is 9.59 Å². The van der Waals surface area contributed by atoms with Gasteiger partial charge in [0.05, 0.1) is 5.41 Å². The van der Waals surface area contributed by atoms with Gasteiger partial charge in [0.25, 0.3) is 0 Å². The quantitative estimate of drug-likeness (QED) is 0.866. The summed E-state index contributed by atoms with van der Waals surface area (Å²) in [6.45, 7) is 2.33. The van der Waals surface area contributed by atoms with Crippen molar-refractivity contribution in [2.24, 2.45) is 5.41 Å². The molecule has 1 amide bonds. The van der Waals surface area contributed by atoms with Crippen molar-refractivity contribution in [3.05, 3.63) is 39.9 Å². The van der Waals surface area contributed by atoms with Gasteiger partial charge in [-0.05, 0) is 43.2 Å². The lowest BCUT2D eigenvalue weighted by atomic mass is 9.90. The van der Waals surface area contributed by atoms with Crippen molar-refractivity contribution in [1.82, 2.24) is 4.90 Å². The van der Waals surface area contributed by atoms with Crippen molar-refractivity contribution in [1.29, 1.82) is 0 Å². The van der Waals surface area contributed by atoms with E-state index in [1.54, 1.807) is 31.2 Å². The van der Waals surface area contributed by atoms with Crippen molar-refractivity contribution in [3.63, 3.8) is 0 Å². The van der Waals surface area contributed by atoms with Gasteiger partial charge in [-0.3, -0.25) is 9.59 Å². The maximum Gasteiger partial charge on any atom is 0.311 e. The third kappa shape index (κ3) is 3.77. The van der Waals surface area contributed by atoms with Crippen LogP contribution in [0.3, 0.4) is 0 Å². The molecule has 1 N–H and O–H groups in total. The Bertz CT molecular complexity index is 595. The zero-order valence-electron chi connectivity index (χ0n) is 11.5. The molecule has 4 nitrogen and oxygen atoms in total. The van der Waals surface area contributed by atoms with Gasteiger partial charge in [0.15, 0.2) is 0 Å². The Balaban J connectivity index is 2.05. The van der Waals surface area contributed by atoms with E-state index in [4.69, 9.17) is 28.3 Å². The molecular formula is C15H15Cl2NO3. The van der Waals surface area contributed by atoms with Crippen LogP contribution in [0.25, 0.3) is 6.08 Å². The van der Waals surface area contributed by atoms with Gasteiger partial charge < -0.3 is 10.0 Å². The van der Waals surface area contributed by atoms with Gasteiger partial charge in [0.1, 0.15) is 0 Å². The van der Waals surface area contributed by atoms with Crippen molar-refractivity contribution in [2.75, 3.05) is 13.1 Å². The molecule has 6 heteroatoms. The number of rotatable bonds is 3. The summed E-state index contributed by atoms with van der Waals surface area (Å²) in [6.07, 6.45) is 3.50. The average molecular weight is 328 g/mol. The summed E-state index contributed by atoms with van der Waals surface area (Å²) in [5.74, 6) is -1.08. The number of carbonyl (C=O) groups excluding carboxylic acids is 1. The van der Waals surface area contributed by atoms with E-state index >= 15 is 0 Å². The predicted octanol–water partition coefficient (Wildman–Crippen LogP) is 3.33. The number of hydrogen-bond acceptors (Lipinski definition) is 2. The van der Waals surface area contributed by atoms with Crippen LogP contribution >= 0.6 is 23.2 Å². The number of hydrogen-bond donors (Lipinski definition) is 1. The summed E-state index contributed by atoms with van der Waals surface area (Å²) in [6, 6.07) is 5.01. The van der Waals surface area contributed by atoms with Gasteiger partial charge in [-0.1, -0.05) is 23.2 Å². The number of carbonyl (C=O) groups is 2. The summed E-state index contributed by atoms with van der Waals surface area (Å²) in [5, 5.41) is 10.1. The van der Waals surface area contributed by atoms with Gasteiger partial charge in [0, 0.05) is 29.2 Å². The van der Waals surface area contributed by atoms with Crippen molar-refractivity contribution in [2.45, 2.75) is 13.3 Å². The highest BCUT2D eigenvalue weighted by molar-refractivity contribution is 6.34. The minimum atomic E-state index is -0.872. The van der Waals surface area contributed by atoms with Crippen molar-refractivity contribution >= 4 is 41.2 Å². The van der Waals surface area contributed by atoms with E-state index < -0.39 is 11.4 Å². The van der Waals surface area contributed by atoms with Gasteiger partial charge in [-0.15, -0.1) is 0 Å². The Kier molecular flexibility index (Phi) is 4.59. The number of carboxylic acids is 1. The molecule has 1 aliphatic heterocycles. The lowest BCUT2D eigenvalue weighted by molar-refractivity contribution is -0.147. The van der Waals surface area contributed by atoms with Gasteiger partial charge >= 0.3 is 5.97 Å². The summed E-state index contributed by atoms with van der Waals surface area (Å²) in [7, 11) is 0. The second-order valence-corrected chi connectivity index (χ2v) is 6.28. The first kappa shape index (κ1) is 15.9. The Labute approximate surface area is 133 Å². The topological polar surface area (TPSA) is 57.6 Å². The third-order valence-electron chi connectivity index (χ3n) is 3.60. The van der Waals surface area contributed by atoms with Crippen LogP contribution in [0.4, 0.5) is 0 Å². The molecule has 0 aliphatic carbocycles. The van der Waals surface area contributed by atoms with Crippen LogP contribution in [0.5, 0.6) is 0 Å². The molecule has 1 saturated heterocycles. The molecule has 0 aromatic heterocycles. The smallest absolute Gasteiger partial charge is 0.311 e. The Hall–Kier alpha value is -1.52. The zero-order valence-corrected chi connectivity index (χ0v) is 13.0. The number of benzene rings is 1. The fraction of sp³-hybridized carbons (Fsp3) is 0.333. The number of likely N-dealkylation sites (tertiary alicyclic amines) is 1. The molecule has 1 fully saturated rings. The van der Waals surface area contributed by atoms with E-state index in [0.717, 1.165) is 5.56 Å². The first-order valence-corrected chi connectivity index (χ1v) is 7.22. The first-order chi connectivity index (χ1) is 9.80. The SMILES string of the molecule is CC1(C(=O)O)CCN(C(=O)C=Cc2cc(Cl)cc(Cl)c2)C1. The van der Waals surface area contributed by atoms with E-state index in [0.29, 0.717) is 23.0 Å². The van der Waals surface area contributed by atoms with Crippen LogP contribution in [0.15, 0.2) is 24.3 Å². The molecule has 0 bridgehead atoms. The Morgan fingerprint density at radius 1 is 1.29 bits per heavy atom. The average Bonchev–Trinajstić information content (AvgIpc) is 2.79. The van der Waals surface area contributed by atoms with Gasteiger partial charge in [-0.25, -0.2) is 0 Å². The maximum absolute atomic E-state index is 12.1. The molecule has 1 aliphatic rings. The van der Waals surface area contributed by atoms with E-state index in [2.05, 4.69) is 0 Å². The summed E-state index contributed by atoms with van der Waals surface area (Å²) >= 11 is 11.8. The molecule has 2 rings (SSSR count). The Morgan fingerprint density at radius 2 is 1.90 bits per heavy atom. The molecular weight excluding hydrogens is 313 g/mol. The minimum absolute atomic E-state index is 0.212. The molecule has 0 spiro atoms. The lowest BCUT2D eigenvalue weighted by Crippen LogP contribution is -2.34. The maximum atomic E-state index is 12.1. The van der Waals surface area contributed by atoms with Crippen molar-refractivity contribution < 1.29 is 14.7 Å². The number of aliphatic carboxylic acids is 1. The molecule has 0 saturated carbocycles. The molecule has 1 heterocycles. The fourth-order valence-electron chi connectivity index (χ4n) is 2.27. The van der Waals surface area contributed by atoms with Gasteiger partial charge in [-0.2, -0.15) is 0 Å². The van der Waals surface area contributed by atoms with E-state index in [1.165, 1.54) is 11.0 Å². The largest absolute Gasteiger partial charge is 0.481 e. The third-order valence-corrected chi connectivity index (χ3v) is 4.04. The highest BCUT2D eigenvalue weighted by atomic mass is 35.5. The molecule has 112 valence electrons. The molecule has 1 unspecified atom stereocenters. The zero-order chi connectivity index (χ0) is 15.6. The van der Waals surface area contributed by atoms with Gasteiger partial charge in [0.2, 0.25) is 5.91 Å². The fourth-order valence-corrected chi connectivity index (χ4v) is 2.81. The number of nitrogens with zero attached hydrogens (tertiary/aromatic N) is 1. The first-order valence-electron chi connectivity index (χ1n) is 6.47. The molecule has 0 radical (unpaired) electrons. The molecule has 1 aromatic carbocycles. The summed E-state index contributed by atoms with van der Waals surface area (Å²) in [4.78, 5) is 24.8. The van der Waals surface area contributed by atoms with Crippen LogP contribution in [0.1, 0.15) is 18.9 Å². The van der Waals surface area contributed by atoms with Crippen molar-refractivity contribution in [3.8, 4) is 0 Å². The summed E-state index contributed by atoms with van der Waals surface area (Å²) < 4.78 is 0. The van der Waals surface area contributed by atoms with Crippen LogP contribution in [0.2, 0.25) is 10.0 Å². The number of halogens is 2. The standard InChI is InChI=1S/C15H15Cl2NO3/c1-15(14(20)21)4-5-18(9-15)13(19)3-2-10-6-11(16)8-12(17)7-10/h2-3,6-8H,4-5,9H2,1H3,(H,20,21). The minimum Gasteiger partial charge on any atom is -0.481 e. The second-order valence-electron chi connectivity index (χ2n) is 5.41. The molecule has 1 atom stereocenters. The van der Waals surface area contributed by atoms with E-state index in [9.17, 15) is 9.59 Å². The molecule has 21 heavy (non-hydrogen) atoms. The van der Waals surface area contributed by atoms with Crippen LogP contribution in [-0.4, -0.2) is 35.0 Å². The second kappa shape index (κ2) is 6.08. The molecule has 1 aromatic rings. The number of carboxylic acid groups (broad SMARTS) is 1. The van der Waals surface area contributed by atoms with Crippen LogP contribution in [0, 0.1) is 5.41 Å². The van der Waals surface area contributed by atoms with E-state index in [-0.39, 0.29) is 12.5 Å². The van der Waals surface area contributed by atoms with Crippen LogP contribution < -0.4 is 0 Å². The lowest BCUT2D eigenvalue weighted by Gasteiger charge is -2.18. The Morgan fingerprint density at radius 3 is 2.43 bits per heavy atom. The monoisotopic (exact) mass is 327 g/mol. The normalized spacial score (nSPS) is 22.0. The number of amides is 1. The summed E-state index contributed by atoms with van der Waals surface area (Å²) in [5.41, 5.74) is -0.135. The predicted molar refractivity (Wildman–Crippen MR) is 82.4 cm³/mol. The van der Waals surface area contributed by atoms with E-state index in [1.807, 2.05) is 0 Å².